The zero-order valence-electron chi connectivity index (χ0n) is 11.4. The van der Waals surface area contributed by atoms with Crippen LogP contribution in [-0.2, 0) is 16.4 Å². The molecule has 108 valence electrons. The Kier molecular flexibility index (Phi) is 3.70. The van der Waals surface area contributed by atoms with Crippen LogP contribution in [0.1, 0.15) is 36.4 Å². The van der Waals surface area contributed by atoms with Gasteiger partial charge in [-0.15, -0.1) is 11.3 Å². The number of nitrogens with zero attached hydrogens (tertiary/aromatic N) is 1. The quantitative estimate of drug-likeness (QED) is 0.943. The van der Waals surface area contributed by atoms with E-state index in [2.05, 4.69) is 4.98 Å². The van der Waals surface area contributed by atoms with Crippen LogP contribution in [0, 0.1) is 0 Å². The molecule has 1 atom stereocenters. The number of aromatic nitrogens is 1. The third-order valence-electron chi connectivity index (χ3n) is 3.73. The topological polar surface area (TPSA) is 53.2 Å². The van der Waals surface area contributed by atoms with Gasteiger partial charge in [-0.3, -0.25) is 0 Å². The molecular formula is C14H18N2O2S2. The summed E-state index contributed by atoms with van der Waals surface area (Å²) in [5, 5.41) is 0. The Bertz CT molecular complexity index is 674. The van der Waals surface area contributed by atoms with Crippen molar-refractivity contribution in [2.45, 2.75) is 36.4 Å². The van der Waals surface area contributed by atoms with Crippen molar-refractivity contribution in [2.75, 3.05) is 6.54 Å². The largest absolute Gasteiger partial charge is 0.364 e. The van der Waals surface area contributed by atoms with Crippen LogP contribution in [0.4, 0.5) is 0 Å². The summed E-state index contributed by atoms with van der Waals surface area (Å²) in [5.41, 5.74) is 0.985. The van der Waals surface area contributed by atoms with Crippen molar-refractivity contribution in [3.8, 4) is 0 Å². The average Bonchev–Trinajstić information content (AvgIpc) is 3.17. The first-order valence-corrected chi connectivity index (χ1v) is 9.12. The molecule has 1 N–H and O–H groups in total. The number of aromatic amines is 1. The molecule has 6 heteroatoms. The maximum atomic E-state index is 12.8. The molecule has 0 spiro atoms. The molecule has 4 nitrogen and oxygen atoms in total. The molecule has 1 aliphatic heterocycles. The fraction of sp³-hybridized carbons (Fsp3) is 0.429. The Balaban J connectivity index is 1.94. The van der Waals surface area contributed by atoms with Crippen molar-refractivity contribution in [2.24, 2.45) is 0 Å². The lowest BCUT2D eigenvalue weighted by atomic mass is 10.2. The van der Waals surface area contributed by atoms with Crippen LogP contribution < -0.4 is 0 Å². The van der Waals surface area contributed by atoms with Gasteiger partial charge in [0.15, 0.2) is 0 Å². The van der Waals surface area contributed by atoms with Gasteiger partial charge < -0.3 is 4.98 Å². The summed E-state index contributed by atoms with van der Waals surface area (Å²) in [5.74, 6) is 0. The fourth-order valence-electron chi connectivity index (χ4n) is 2.69. The standard InChI is InChI=1S/C14H18N2O2S2/c1-2-11-7-8-14(19-11)20(17,18)16-10-4-6-13(16)12-5-3-9-15-12/h3,5,7-9,13,15H,2,4,6,10H2,1H3. The summed E-state index contributed by atoms with van der Waals surface area (Å²) in [6.45, 7) is 2.64. The van der Waals surface area contributed by atoms with Gasteiger partial charge in [0.25, 0.3) is 10.0 Å². The molecule has 0 aromatic carbocycles. The Morgan fingerprint density at radius 2 is 2.25 bits per heavy atom. The number of aryl methyl sites for hydroxylation is 1. The summed E-state index contributed by atoms with van der Waals surface area (Å²) in [6.07, 6.45) is 4.51. The van der Waals surface area contributed by atoms with E-state index in [4.69, 9.17) is 0 Å². The van der Waals surface area contributed by atoms with Crippen molar-refractivity contribution in [1.82, 2.24) is 9.29 Å². The Hall–Kier alpha value is -1.11. The van der Waals surface area contributed by atoms with Crippen molar-refractivity contribution in [3.05, 3.63) is 41.0 Å². The second-order valence-electron chi connectivity index (χ2n) is 4.97. The van der Waals surface area contributed by atoms with Gasteiger partial charge in [-0.25, -0.2) is 8.42 Å². The van der Waals surface area contributed by atoms with E-state index >= 15 is 0 Å². The SMILES string of the molecule is CCc1ccc(S(=O)(=O)N2CCCC2c2ccc[nH]2)s1. The van der Waals surface area contributed by atoms with Crippen LogP contribution in [0.2, 0.25) is 0 Å². The van der Waals surface area contributed by atoms with Crippen LogP contribution in [0.25, 0.3) is 0 Å². The molecular weight excluding hydrogens is 292 g/mol. The zero-order chi connectivity index (χ0) is 14.2. The minimum Gasteiger partial charge on any atom is -0.364 e. The van der Waals surface area contributed by atoms with E-state index in [0.29, 0.717) is 10.8 Å². The van der Waals surface area contributed by atoms with Crippen LogP contribution in [0.15, 0.2) is 34.7 Å². The molecule has 1 saturated heterocycles. The molecule has 20 heavy (non-hydrogen) atoms. The third kappa shape index (κ3) is 2.32. The summed E-state index contributed by atoms with van der Waals surface area (Å²) in [7, 11) is -3.37. The van der Waals surface area contributed by atoms with Gasteiger partial charge >= 0.3 is 0 Å². The van der Waals surface area contributed by atoms with Gasteiger partial charge in [0.2, 0.25) is 0 Å². The molecule has 1 fully saturated rings. The molecule has 3 rings (SSSR count). The molecule has 0 amide bonds. The average molecular weight is 310 g/mol. The Morgan fingerprint density at radius 1 is 1.40 bits per heavy atom. The molecule has 0 bridgehead atoms. The van der Waals surface area contributed by atoms with Crippen molar-refractivity contribution in [1.29, 1.82) is 0 Å². The van der Waals surface area contributed by atoms with Crippen LogP contribution in [-0.4, -0.2) is 24.3 Å². The fourth-order valence-corrected chi connectivity index (χ4v) is 5.79. The van der Waals surface area contributed by atoms with Gasteiger partial charge in [-0.1, -0.05) is 6.92 Å². The van der Waals surface area contributed by atoms with Crippen molar-refractivity contribution >= 4 is 21.4 Å². The van der Waals surface area contributed by atoms with E-state index < -0.39 is 10.0 Å². The summed E-state index contributed by atoms with van der Waals surface area (Å²) < 4.78 is 27.7. The Labute approximate surface area is 123 Å². The van der Waals surface area contributed by atoms with E-state index in [1.807, 2.05) is 31.3 Å². The first-order chi connectivity index (χ1) is 9.63. The second-order valence-corrected chi connectivity index (χ2v) is 8.26. The van der Waals surface area contributed by atoms with Gasteiger partial charge in [-0.2, -0.15) is 4.31 Å². The highest BCUT2D eigenvalue weighted by molar-refractivity contribution is 7.91. The van der Waals surface area contributed by atoms with E-state index in [1.54, 1.807) is 10.4 Å². The molecule has 3 heterocycles. The maximum Gasteiger partial charge on any atom is 0.253 e. The third-order valence-corrected chi connectivity index (χ3v) is 7.34. The molecule has 0 saturated carbocycles. The predicted octanol–water partition coefficient (Wildman–Crippen LogP) is 3.16. The molecule has 1 unspecified atom stereocenters. The maximum absolute atomic E-state index is 12.8. The second kappa shape index (κ2) is 5.35. The predicted molar refractivity (Wildman–Crippen MR) is 80.4 cm³/mol. The Morgan fingerprint density at radius 3 is 2.90 bits per heavy atom. The van der Waals surface area contributed by atoms with Crippen LogP contribution in [0.5, 0.6) is 0 Å². The zero-order valence-corrected chi connectivity index (χ0v) is 13.0. The van der Waals surface area contributed by atoms with E-state index in [0.717, 1.165) is 29.8 Å². The van der Waals surface area contributed by atoms with Gasteiger partial charge in [0.1, 0.15) is 4.21 Å². The van der Waals surface area contributed by atoms with Gasteiger partial charge in [0, 0.05) is 23.3 Å². The number of thiophene rings is 1. The number of H-pyrrole nitrogens is 1. The molecule has 2 aromatic rings. The smallest absolute Gasteiger partial charge is 0.253 e. The van der Waals surface area contributed by atoms with Crippen LogP contribution >= 0.6 is 11.3 Å². The highest BCUT2D eigenvalue weighted by Crippen LogP contribution is 2.37. The molecule has 0 aliphatic carbocycles. The minimum atomic E-state index is -3.37. The summed E-state index contributed by atoms with van der Waals surface area (Å²) >= 11 is 1.39. The number of hydrogen-bond acceptors (Lipinski definition) is 3. The number of rotatable bonds is 4. The first-order valence-electron chi connectivity index (χ1n) is 6.86. The number of sulfonamides is 1. The normalized spacial score (nSPS) is 20.6. The van der Waals surface area contributed by atoms with E-state index in [9.17, 15) is 8.42 Å². The lowest BCUT2D eigenvalue weighted by Gasteiger charge is -2.22. The minimum absolute atomic E-state index is 0.0535. The molecule has 2 aromatic heterocycles. The van der Waals surface area contributed by atoms with Gasteiger partial charge in [0.05, 0.1) is 6.04 Å². The van der Waals surface area contributed by atoms with Crippen molar-refractivity contribution < 1.29 is 8.42 Å². The highest BCUT2D eigenvalue weighted by Gasteiger charge is 2.37. The molecule has 0 radical (unpaired) electrons. The number of nitrogens with one attached hydrogen (secondary N) is 1. The van der Waals surface area contributed by atoms with Crippen molar-refractivity contribution in [3.63, 3.8) is 0 Å². The van der Waals surface area contributed by atoms with E-state index in [-0.39, 0.29) is 6.04 Å². The van der Waals surface area contributed by atoms with Crippen LogP contribution in [0.3, 0.4) is 0 Å². The number of hydrogen-bond donors (Lipinski definition) is 1. The summed E-state index contributed by atoms with van der Waals surface area (Å²) in [4.78, 5) is 4.26. The summed E-state index contributed by atoms with van der Waals surface area (Å²) in [6, 6.07) is 7.48. The van der Waals surface area contributed by atoms with E-state index in [1.165, 1.54) is 11.3 Å². The van der Waals surface area contributed by atoms with Gasteiger partial charge in [-0.05, 0) is 43.5 Å². The lowest BCUT2D eigenvalue weighted by Crippen LogP contribution is -2.30. The first kappa shape index (κ1) is 13.9. The highest BCUT2D eigenvalue weighted by atomic mass is 32.2. The lowest BCUT2D eigenvalue weighted by molar-refractivity contribution is 0.392. The molecule has 1 aliphatic rings. The monoisotopic (exact) mass is 310 g/mol.